The molecule has 2 aromatic carbocycles. The number of aromatic carboxylic acids is 2. The SMILES string of the molecule is CNc1cc(CCCc2cc(/C=C/C=C(\N)n3ccnc3)c(C(=O)O)cc2F)c(F)cc1C(=O)O. The van der Waals surface area contributed by atoms with Crippen LogP contribution < -0.4 is 11.1 Å². The van der Waals surface area contributed by atoms with Crippen molar-refractivity contribution in [3.05, 3.63) is 94.6 Å². The summed E-state index contributed by atoms with van der Waals surface area (Å²) in [6, 6.07) is 4.78. The number of halogens is 2. The lowest BCUT2D eigenvalue weighted by Crippen LogP contribution is -2.06. The molecular formula is C25H24F2N4O4. The van der Waals surface area contributed by atoms with E-state index in [1.54, 1.807) is 29.1 Å². The number of nitrogens with one attached hydrogen (secondary N) is 1. The van der Waals surface area contributed by atoms with Gasteiger partial charge >= 0.3 is 11.9 Å². The minimum Gasteiger partial charge on any atom is -0.478 e. The molecule has 0 aliphatic rings. The van der Waals surface area contributed by atoms with Crippen molar-refractivity contribution >= 4 is 29.5 Å². The quantitative estimate of drug-likeness (QED) is 0.318. The van der Waals surface area contributed by atoms with Crippen molar-refractivity contribution in [1.82, 2.24) is 9.55 Å². The fraction of sp³-hybridized carbons (Fsp3) is 0.160. The van der Waals surface area contributed by atoms with Gasteiger partial charge in [-0.25, -0.2) is 23.4 Å². The van der Waals surface area contributed by atoms with Gasteiger partial charge in [-0.15, -0.1) is 0 Å². The maximum Gasteiger partial charge on any atom is 0.337 e. The molecule has 10 heteroatoms. The first-order valence-corrected chi connectivity index (χ1v) is 10.6. The van der Waals surface area contributed by atoms with Gasteiger partial charge in [0.1, 0.15) is 23.8 Å². The van der Waals surface area contributed by atoms with Crippen LogP contribution in [0, 0.1) is 11.6 Å². The van der Waals surface area contributed by atoms with E-state index in [4.69, 9.17) is 5.73 Å². The topological polar surface area (TPSA) is 130 Å². The van der Waals surface area contributed by atoms with Gasteiger partial charge in [0.25, 0.3) is 0 Å². The number of carbonyl (C=O) groups is 2. The average molecular weight is 482 g/mol. The Morgan fingerprint density at radius 1 is 1.06 bits per heavy atom. The third kappa shape index (κ3) is 6.11. The molecule has 1 aromatic heterocycles. The number of imidazole rings is 1. The monoisotopic (exact) mass is 482 g/mol. The lowest BCUT2D eigenvalue weighted by molar-refractivity contribution is 0.0686. The van der Waals surface area contributed by atoms with E-state index in [2.05, 4.69) is 10.3 Å². The summed E-state index contributed by atoms with van der Waals surface area (Å²) in [7, 11) is 1.54. The normalized spacial score (nSPS) is 11.7. The summed E-state index contributed by atoms with van der Waals surface area (Å²) in [5.74, 6) is -3.50. The molecule has 0 spiro atoms. The molecule has 0 unspecified atom stereocenters. The minimum absolute atomic E-state index is 0.178. The van der Waals surface area contributed by atoms with Gasteiger partial charge in [-0.3, -0.25) is 4.57 Å². The molecule has 3 rings (SSSR count). The number of allylic oxidation sites excluding steroid dienone is 2. The molecule has 0 atom stereocenters. The van der Waals surface area contributed by atoms with Crippen molar-refractivity contribution in [2.75, 3.05) is 12.4 Å². The fourth-order valence-electron chi connectivity index (χ4n) is 3.56. The Morgan fingerprint density at radius 2 is 1.69 bits per heavy atom. The highest BCUT2D eigenvalue weighted by Crippen LogP contribution is 2.24. The van der Waals surface area contributed by atoms with Crippen LogP contribution in [0.25, 0.3) is 11.9 Å². The summed E-state index contributed by atoms with van der Waals surface area (Å²) in [6.07, 6.45) is 10.1. The smallest absolute Gasteiger partial charge is 0.337 e. The van der Waals surface area contributed by atoms with Crippen LogP contribution >= 0.6 is 0 Å². The number of hydrogen-bond acceptors (Lipinski definition) is 5. The van der Waals surface area contributed by atoms with Crippen molar-refractivity contribution < 1.29 is 28.6 Å². The predicted octanol–water partition coefficient (Wildman–Crippen LogP) is 4.25. The Kier molecular flexibility index (Phi) is 7.98. The van der Waals surface area contributed by atoms with E-state index in [-0.39, 0.29) is 40.8 Å². The average Bonchev–Trinajstić information content (AvgIpc) is 3.36. The van der Waals surface area contributed by atoms with Crippen molar-refractivity contribution in [2.45, 2.75) is 19.3 Å². The highest BCUT2D eigenvalue weighted by Gasteiger charge is 2.16. The molecule has 0 saturated heterocycles. The zero-order valence-electron chi connectivity index (χ0n) is 18.8. The van der Waals surface area contributed by atoms with Crippen LogP contribution in [0.4, 0.5) is 14.5 Å². The highest BCUT2D eigenvalue weighted by molar-refractivity contribution is 5.94. The second-order valence-corrected chi connectivity index (χ2v) is 7.65. The summed E-state index contributed by atoms with van der Waals surface area (Å²) in [6.45, 7) is 0. The molecule has 0 fully saturated rings. The van der Waals surface area contributed by atoms with Gasteiger partial charge in [-0.05, 0) is 66.3 Å². The molecule has 0 amide bonds. The van der Waals surface area contributed by atoms with Gasteiger partial charge in [0.05, 0.1) is 11.1 Å². The lowest BCUT2D eigenvalue weighted by atomic mass is 9.97. The molecule has 5 N–H and O–H groups in total. The lowest BCUT2D eigenvalue weighted by Gasteiger charge is -2.11. The van der Waals surface area contributed by atoms with Crippen molar-refractivity contribution in [3.63, 3.8) is 0 Å². The zero-order valence-corrected chi connectivity index (χ0v) is 18.8. The molecule has 3 aromatic rings. The molecule has 0 aliphatic carbocycles. The third-order valence-corrected chi connectivity index (χ3v) is 5.37. The molecule has 8 nitrogen and oxygen atoms in total. The molecular weight excluding hydrogens is 458 g/mol. The Balaban J connectivity index is 1.79. The predicted molar refractivity (Wildman–Crippen MR) is 128 cm³/mol. The summed E-state index contributed by atoms with van der Waals surface area (Å²) < 4.78 is 30.6. The second kappa shape index (κ2) is 11.1. The van der Waals surface area contributed by atoms with Crippen LogP contribution in [0.1, 0.15) is 43.8 Å². The van der Waals surface area contributed by atoms with Crippen LogP contribution in [0.3, 0.4) is 0 Å². The summed E-state index contributed by atoms with van der Waals surface area (Å²) in [4.78, 5) is 26.7. The number of aromatic nitrogens is 2. The van der Waals surface area contributed by atoms with E-state index in [1.807, 2.05) is 0 Å². The van der Waals surface area contributed by atoms with E-state index in [0.717, 1.165) is 12.1 Å². The van der Waals surface area contributed by atoms with Gasteiger partial charge in [0.15, 0.2) is 0 Å². The van der Waals surface area contributed by atoms with Crippen molar-refractivity contribution in [2.24, 2.45) is 5.73 Å². The van der Waals surface area contributed by atoms with Crippen molar-refractivity contribution in [1.29, 1.82) is 0 Å². The second-order valence-electron chi connectivity index (χ2n) is 7.65. The number of hydrogen-bond donors (Lipinski definition) is 4. The number of carboxylic acid groups (broad SMARTS) is 2. The first kappa shape index (κ1) is 25.2. The maximum atomic E-state index is 14.6. The molecule has 0 saturated carbocycles. The van der Waals surface area contributed by atoms with Crippen LogP contribution in [-0.4, -0.2) is 38.8 Å². The number of benzene rings is 2. The molecule has 0 radical (unpaired) electrons. The summed E-state index contributed by atoms with van der Waals surface area (Å²) >= 11 is 0. The third-order valence-electron chi connectivity index (χ3n) is 5.37. The van der Waals surface area contributed by atoms with E-state index in [9.17, 15) is 28.6 Å². The first-order chi connectivity index (χ1) is 16.7. The summed E-state index contributed by atoms with van der Waals surface area (Å²) in [5, 5.41) is 21.4. The molecule has 0 bridgehead atoms. The molecule has 182 valence electrons. The number of nitrogens with zero attached hydrogens (tertiary/aromatic N) is 2. The first-order valence-electron chi connectivity index (χ1n) is 10.6. The van der Waals surface area contributed by atoms with Crippen LogP contribution in [0.15, 0.2) is 55.1 Å². The number of rotatable bonds is 10. The number of nitrogens with two attached hydrogens (primary N) is 1. The fourth-order valence-corrected chi connectivity index (χ4v) is 3.56. The van der Waals surface area contributed by atoms with Gasteiger partial charge in [0.2, 0.25) is 0 Å². The standard InChI is InChI=1S/C25H24F2N4O4/c1-29-22-11-17(21(27)13-19(22)25(34)35)6-2-5-16-10-15(18(24(32)33)12-20(16)26)4-3-7-23(28)31-9-8-30-14-31/h3-4,7-14,29H,2,5-6,28H2,1H3,(H,32,33)(H,34,35)/b4-3+,23-7+. The Hall–Kier alpha value is -4.47. The van der Waals surface area contributed by atoms with Gasteiger partial charge in [-0.2, -0.15) is 0 Å². The van der Waals surface area contributed by atoms with Crippen LogP contribution in [0.2, 0.25) is 0 Å². The highest BCUT2D eigenvalue weighted by atomic mass is 19.1. The number of anilines is 1. The zero-order chi connectivity index (χ0) is 25.5. The Labute approximate surface area is 200 Å². The van der Waals surface area contributed by atoms with Crippen LogP contribution in [0.5, 0.6) is 0 Å². The Bertz CT molecular complexity index is 1300. The maximum absolute atomic E-state index is 14.6. The van der Waals surface area contributed by atoms with E-state index >= 15 is 0 Å². The van der Waals surface area contributed by atoms with Crippen molar-refractivity contribution in [3.8, 4) is 0 Å². The minimum atomic E-state index is -1.28. The van der Waals surface area contributed by atoms with Gasteiger partial charge in [-0.1, -0.05) is 12.2 Å². The largest absolute Gasteiger partial charge is 0.478 e. The number of aryl methyl sites for hydroxylation is 2. The molecule has 0 aliphatic heterocycles. The van der Waals surface area contributed by atoms with E-state index in [0.29, 0.717) is 17.8 Å². The Morgan fingerprint density at radius 3 is 2.26 bits per heavy atom. The molecule has 1 heterocycles. The number of carboxylic acids is 2. The van der Waals surface area contributed by atoms with E-state index in [1.165, 1.54) is 31.6 Å². The summed E-state index contributed by atoms with van der Waals surface area (Å²) in [5.41, 5.74) is 6.68. The van der Waals surface area contributed by atoms with Crippen LogP contribution in [-0.2, 0) is 12.8 Å². The van der Waals surface area contributed by atoms with E-state index < -0.39 is 23.6 Å². The van der Waals surface area contributed by atoms with Gasteiger partial charge in [0, 0.05) is 25.1 Å². The molecule has 35 heavy (non-hydrogen) atoms. The van der Waals surface area contributed by atoms with Gasteiger partial charge < -0.3 is 21.3 Å².